The molecule has 0 aliphatic carbocycles. The highest BCUT2D eigenvalue weighted by Gasteiger charge is 2.45. The van der Waals surface area contributed by atoms with Gasteiger partial charge in [-0.15, -0.1) is 0 Å². The molecule has 2 N–H and O–H groups in total. The Kier molecular flexibility index (Phi) is 9.71. The van der Waals surface area contributed by atoms with Crippen molar-refractivity contribution in [1.29, 1.82) is 0 Å². The lowest BCUT2D eigenvalue weighted by Crippen LogP contribution is -2.55. The van der Waals surface area contributed by atoms with Crippen LogP contribution in [0.25, 0.3) is 5.69 Å². The number of carbonyl (C=O) groups excluding carboxylic acids is 3. The van der Waals surface area contributed by atoms with Gasteiger partial charge in [0.15, 0.2) is 0 Å². The molecule has 266 valence electrons. The van der Waals surface area contributed by atoms with Crippen LogP contribution in [0.3, 0.4) is 0 Å². The summed E-state index contributed by atoms with van der Waals surface area (Å²) in [7, 11) is 0. The Bertz CT molecular complexity index is 1980. The first-order valence-corrected chi connectivity index (χ1v) is 16.1. The summed E-state index contributed by atoms with van der Waals surface area (Å²) >= 11 is 0. The number of fused-ring (bicyclic) bond motifs is 1. The smallest absolute Gasteiger partial charge is 0.337 e. The third-order valence-electron chi connectivity index (χ3n) is 8.77. The second kappa shape index (κ2) is 14.0. The summed E-state index contributed by atoms with van der Waals surface area (Å²) in [5, 5.41) is 9.96. The minimum Gasteiger partial charge on any atom is -0.337 e. The van der Waals surface area contributed by atoms with Crippen molar-refractivity contribution in [1.82, 2.24) is 30.0 Å². The van der Waals surface area contributed by atoms with Gasteiger partial charge in [0.1, 0.15) is 17.6 Å². The Morgan fingerprint density at radius 3 is 2.51 bits per heavy atom. The highest BCUT2D eigenvalue weighted by atomic mass is 19.4. The van der Waals surface area contributed by atoms with Crippen LogP contribution in [-0.2, 0) is 15.8 Å². The lowest BCUT2D eigenvalue weighted by molar-refractivity contribution is -0.141. The highest BCUT2D eigenvalue weighted by Crippen LogP contribution is 2.42. The number of likely N-dealkylation sites (tertiary alicyclic amines) is 1. The minimum atomic E-state index is -4.83. The number of allylic oxidation sites excluding steroid dienone is 1. The van der Waals surface area contributed by atoms with Crippen LogP contribution in [0, 0.1) is 0 Å². The number of benzene rings is 2. The molecule has 3 amide bonds. The van der Waals surface area contributed by atoms with Crippen LogP contribution in [0.5, 0.6) is 0 Å². The highest BCUT2D eigenvalue weighted by molar-refractivity contribution is 6.05. The molecule has 0 spiro atoms. The van der Waals surface area contributed by atoms with E-state index in [2.05, 4.69) is 25.7 Å². The molecule has 2 aromatic heterocycles. The third kappa shape index (κ3) is 7.36. The second-order valence-corrected chi connectivity index (χ2v) is 12.2. The summed E-state index contributed by atoms with van der Waals surface area (Å²) in [6, 6.07) is 14.9. The normalized spacial score (nSPS) is 19.2. The van der Waals surface area contributed by atoms with E-state index in [-0.39, 0.29) is 31.6 Å². The van der Waals surface area contributed by atoms with E-state index in [4.69, 9.17) is 0 Å². The largest absolute Gasteiger partial charge is 0.433 e. The van der Waals surface area contributed by atoms with Crippen molar-refractivity contribution in [3.05, 3.63) is 107 Å². The molecule has 2 aromatic carbocycles. The summed E-state index contributed by atoms with van der Waals surface area (Å²) in [5.74, 6) is -6.29. The fraction of sp³-hybridized carbons (Fsp3) is 0.314. The Balaban J connectivity index is 1.37. The van der Waals surface area contributed by atoms with E-state index >= 15 is 0 Å². The van der Waals surface area contributed by atoms with Crippen molar-refractivity contribution < 1.29 is 36.3 Å². The van der Waals surface area contributed by atoms with E-state index in [0.29, 0.717) is 34.4 Å². The molecule has 0 radical (unpaired) electrons. The fourth-order valence-corrected chi connectivity index (χ4v) is 6.35. The monoisotopic (exact) mass is 708 g/mol. The summed E-state index contributed by atoms with van der Waals surface area (Å²) in [6.45, 7) is 3.26. The molecule has 11 nitrogen and oxygen atoms in total. The van der Waals surface area contributed by atoms with Crippen LogP contribution in [0.4, 0.5) is 33.5 Å². The topological polar surface area (TPSA) is 125 Å². The summed E-state index contributed by atoms with van der Waals surface area (Å²) in [5.41, 5.74) is 0.905. The SMILES string of the molecule is C/C=C(\CN1CCC(F)(F)C1)C(=O)Nc1cccc([C@@H]2c3cnn(-c4ccccc4)c3N(CC)C(=O)[C@H]2NC(=O)c2nccc(C(F)(F)F)n2)c1. The average molecular weight is 709 g/mol. The summed E-state index contributed by atoms with van der Waals surface area (Å²) in [6.07, 6.45) is -1.20. The molecule has 4 aromatic rings. The van der Waals surface area contributed by atoms with Gasteiger partial charge in [0.25, 0.3) is 23.6 Å². The summed E-state index contributed by atoms with van der Waals surface area (Å²) < 4.78 is 69.4. The first-order chi connectivity index (χ1) is 24.3. The molecule has 2 atom stereocenters. The van der Waals surface area contributed by atoms with Crippen molar-refractivity contribution in [3.8, 4) is 5.69 Å². The van der Waals surface area contributed by atoms with Gasteiger partial charge in [-0.2, -0.15) is 18.3 Å². The predicted octanol–water partition coefficient (Wildman–Crippen LogP) is 5.20. The van der Waals surface area contributed by atoms with Gasteiger partial charge in [-0.3, -0.25) is 24.2 Å². The van der Waals surface area contributed by atoms with Crippen molar-refractivity contribution in [2.75, 3.05) is 36.4 Å². The molecule has 2 aliphatic rings. The van der Waals surface area contributed by atoms with E-state index in [9.17, 15) is 36.3 Å². The molecular formula is C35H33F5N8O3. The number of halogens is 5. The van der Waals surface area contributed by atoms with Crippen LogP contribution < -0.4 is 15.5 Å². The number of likely N-dealkylation sites (N-methyl/N-ethyl adjacent to an activating group) is 1. The predicted molar refractivity (Wildman–Crippen MR) is 177 cm³/mol. The maximum Gasteiger partial charge on any atom is 0.433 e. The number of alkyl halides is 5. The van der Waals surface area contributed by atoms with Gasteiger partial charge in [0, 0.05) is 55.0 Å². The Labute approximate surface area is 289 Å². The quantitative estimate of drug-likeness (QED) is 0.181. The maximum atomic E-state index is 14.3. The molecule has 51 heavy (non-hydrogen) atoms. The third-order valence-corrected chi connectivity index (χ3v) is 8.77. The second-order valence-electron chi connectivity index (χ2n) is 12.2. The zero-order valence-corrected chi connectivity index (χ0v) is 27.5. The summed E-state index contributed by atoms with van der Waals surface area (Å²) in [4.78, 5) is 51.1. The fourth-order valence-electron chi connectivity index (χ4n) is 6.35. The Morgan fingerprint density at radius 1 is 1.08 bits per heavy atom. The molecule has 16 heteroatoms. The van der Waals surface area contributed by atoms with Gasteiger partial charge < -0.3 is 10.6 Å². The van der Waals surface area contributed by atoms with Crippen molar-refractivity contribution in [2.45, 2.75) is 44.3 Å². The number of amides is 3. The molecule has 0 bridgehead atoms. The van der Waals surface area contributed by atoms with Gasteiger partial charge in [-0.25, -0.2) is 23.4 Å². The van der Waals surface area contributed by atoms with Crippen molar-refractivity contribution >= 4 is 29.2 Å². The zero-order chi connectivity index (χ0) is 36.5. The van der Waals surface area contributed by atoms with Crippen molar-refractivity contribution in [2.24, 2.45) is 0 Å². The molecule has 1 fully saturated rings. The zero-order valence-electron chi connectivity index (χ0n) is 27.5. The number of carbonyl (C=O) groups is 3. The number of hydrogen-bond acceptors (Lipinski definition) is 7. The number of rotatable bonds is 9. The lowest BCUT2D eigenvalue weighted by atomic mass is 9.82. The van der Waals surface area contributed by atoms with E-state index in [1.54, 1.807) is 79.3 Å². The van der Waals surface area contributed by atoms with E-state index < -0.39 is 59.8 Å². The minimum absolute atomic E-state index is 0.0232. The van der Waals surface area contributed by atoms with E-state index in [1.807, 2.05) is 6.07 Å². The first kappa shape index (κ1) is 35.3. The van der Waals surface area contributed by atoms with Gasteiger partial charge >= 0.3 is 6.18 Å². The Hall–Kier alpha value is -5.51. The molecular weight excluding hydrogens is 675 g/mol. The maximum absolute atomic E-state index is 14.3. The average Bonchev–Trinajstić information content (AvgIpc) is 3.70. The standard InChI is InChI=1S/C35H33F5N8O3/c1-3-21(19-46-16-14-34(36,37)20-46)30(49)43-23-10-8-9-22(17-23)27-25-18-42-48(24-11-6-5-7-12-24)32(25)47(4-2)33(51)28(27)45-31(50)29-41-15-13-26(44-29)35(38,39)40/h3,5-13,15,17-18,27-28H,4,14,16,19-20H2,1-2H3,(H,43,49)(H,45,50)/b21-3+/t27-,28+/m1/s1. The number of aromatic nitrogens is 4. The molecule has 1 saturated heterocycles. The van der Waals surface area contributed by atoms with Gasteiger partial charge in [0.05, 0.1) is 18.4 Å². The van der Waals surface area contributed by atoms with Crippen LogP contribution in [0.15, 0.2) is 84.7 Å². The van der Waals surface area contributed by atoms with E-state index in [1.165, 1.54) is 9.80 Å². The number of hydrogen-bond donors (Lipinski definition) is 2. The molecule has 0 unspecified atom stereocenters. The van der Waals surface area contributed by atoms with Crippen LogP contribution in [0.1, 0.15) is 53.6 Å². The molecule has 0 saturated carbocycles. The van der Waals surface area contributed by atoms with Crippen LogP contribution >= 0.6 is 0 Å². The molecule has 4 heterocycles. The van der Waals surface area contributed by atoms with Gasteiger partial charge in [-0.05, 0) is 49.7 Å². The van der Waals surface area contributed by atoms with Gasteiger partial charge in [-0.1, -0.05) is 36.4 Å². The van der Waals surface area contributed by atoms with E-state index in [0.717, 1.165) is 6.20 Å². The van der Waals surface area contributed by atoms with Crippen molar-refractivity contribution in [3.63, 3.8) is 0 Å². The number of nitrogens with one attached hydrogen (secondary N) is 2. The lowest BCUT2D eigenvalue weighted by Gasteiger charge is -2.38. The van der Waals surface area contributed by atoms with Crippen LogP contribution in [-0.4, -0.2) is 80.5 Å². The first-order valence-electron chi connectivity index (χ1n) is 16.1. The number of para-hydroxylation sites is 1. The number of anilines is 2. The molecule has 2 aliphatic heterocycles. The number of nitrogens with zero attached hydrogens (tertiary/aromatic N) is 6. The Morgan fingerprint density at radius 2 is 1.84 bits per heavy atom. The van der Waals surface area contributed by atoms with Gasteiger partial charge in [0.2, 0.25) is 5.82 Å². The van der Waals surface area contributed by atoms with Crippen LogP contribution in [0.2, 0.25) is 0 Å². The molecule has 6 rings (SSSR count).